The summed E-state index contributed by atoms with van der Waals surface area (Å²) in [5.74, 6) is 5.09. The number of ether oxygens (including phenoxy) is 2. The van der Waals surface area contributed by atoms with Crippen molar-refractivity contribution in [1.29, 1.82) is 0 Å². The van der Waals surface area contributed by atoms with Gasteiger partial charge in [-0.05, 0) is 58.7 Å². The molecule has 2 aromatic heterocycles. The van der Waals surface area contributed by atoms with Crippen molar-refractivity contribution in [2.75, 3.05) is 24.3 Å². The van der Waals surface area contributed by atoms with Crippen molar-refractivity contribution in [3.63, 3.8) is 0 Å². The van der Waals surface area contributed by atoms with E-state index in [2.05, 4.69) is 15.3 Å². The van der Waals surface area contributed by atoms with Gasteiger partial charge in [-0.2, -0.15) is 0 Å². The van der Waals surface area contributed by atoms with E-state index in [1.54, 1.807) is 44.7 Å². The zero-order valence-electron chi connectivity index (χ0n) is 22.2. The number of likely N-dealkylation sites (tertiary alicyclic amines) is 1. The number of amides is 2. The predicted octanol–water partition coefficient (Wildman–Crippen LogP) is 4.30. The first-order valence-electron chi connectivity index (χ1n) is 12.6. The minimum atomic E-state index is -0.678. The van der Waals surface area contributed by atoms with Crippen LogP contribution >= 0.6 is 0 Å². The lowest BCUT2D eigenvalue weighted by atomic mass is 10.1. The van der Waals surface area contributed by atoms with E-state index in [-0.39, 0.29) is 29.4 Å². The van der Waals surface area contributed by atoms with Crippen molar-refractivity contribution in [2.45, 2.75) is 52.2 Å². The maximum Gasteiger partial charge on any atom is 0.410 e. The minimum Gasteiger partial charge on any atom is -0.461 e. The number of rotatable bonds is 6. The van der Waals surface area contributed by atoms with Crippen molar-refractivity contribution in [2.24, 2.45) is 0 Å². The van der Waals surface area contributed by atoms with Gasteiger partial charge < -0.3 is 20.6 Å². The first-order valence-corrected chi connectivity index (χ1v) is 12.6. The molecule has 0 bridgehead atoms. The number of nitrogens with one attached hydrogen (secondary N) is 1. The molecule has 4 rings (SSSR count). The molecule has 206 valence electrons. The molecule has 3 N–H and O–H groups in total. The molecule has 39 heavy (non-hydrogen) atoms. The number of carbonyl (C=O) groups excluding carboxylic acids is 3. The Bertz CT molecular complexity index is 1380. The highest BCUT2D eigenvalue weighted by Gasteiger charge is 2.38. The SMILES string of the molecule is CCOC(=O)c1c(-c2ccc(C(=O)Nc3cc(F)ccn3)cc2)nc(C2CCCN2C(=O)OC(C)(C)C)n1N. The summed E-state index contributed by atoms with van der Waals surface area (Å²) in [5, 5.41) is 2.53. The predicted molar refractivity (Wildman–Crippen MR) is 141 cm³/mol. The summed E-state index contributed by atoms with van der Waals surface area (Å²) < 4.78 is 25.4. The third kappa shape index (κ3) is 6.16. The highest BCUT2D eigenvalue weighted by Crippen LogP contribution is 2.35. The quantitative estimate of drug-likeness (QED) is 0.350. The molecular formula is C27H31FN6O5. The number of halogens is 1. The maximum absolute atomic E-state index is 13.4. The van der Waals surface area contributed by atoms with Gasteiger partial charge in [-0.3, -0.25) is 9.69 Å². The van der Waals surface area contributed by atoms with Crippen molar-refractivity contribution in [3.8, 4) is 11.3 Å². The molecule has 0 radical (unpaired) electrons. The van der Waals surface area contributed by atoms with Crippen LogP contribution in [0.4, 0.5) is 15.0 Å². The van der Waals surface area contributed by atoms with E-state index >= 15 is 0 Å². The van der Waals surface area contributed by atoms with Gasteiger partial charge in [0.25, 0.3) is 5.91 Å². The Balaban J connectivity index is 1.66. The number of carbonyl (C=O) groups is 3. The van der Waals surface area contributed by atoms with Crippen LogP contribution < -0.4 is 11.2 Å². The molecule has 0 aliphatic carbocycles. The third-order valence-corrected chi connectivity index (χ3v) is 5.97. The van der Waals surface area contributed by atoms with E-state index < -0.39 is 35.4 Å². The Labute approximate surface area is 225 Å². The van der Waals surface area contributed by atoms with E-state index in [4.69, 9.17) is 15.3 Å². The van der Waals surface area contributed by atoms with Crippen LogP contribution in [0.15, 0.2) is 42.6 Å². The fourth-order valence-electron chi connectivity index (χ4n) is 4.30. The largest absolute Gasteiger partial charge is 0.461 e. The van der Waals surface area contributed by atoms with Gasteiger partial charge in [-0.1, -0.05) is 12.1 Å². The number of imidazole rings is 1. The summed E-state index contributed by atoms with van der Waals surface area (Å²) in [4.78, 5) is 48.6. The van der Waals surface area contributed by atoms with Gasteiger partial charge in [0.1, 0.15) is 22.9 Å². The molecule has 3 heterocycles. The van der Waals surface area contributed by atoms with E-state index in [9.17, 15) is 18.8 Å². The number of benzene rings is 1. The van der Waals surface area contributed by atoms with E-state index in [0.717, 1.165) is 10.7 Å². The van der Waals surface area contributed by atoms with Gasteiger partial charge in [0.15, 0.2) is 11.5 Å². The monoisotopic (exact) mass is 538 g/mol. The van der Waals surface area contributed by atoms with E-state index in [1.165, 1.54) is 24.4 Å². The number of nitrogens with zero attached hydrogens (tertiary/aromatic N) is 4. The lowest BCUT2D eigenvalue weighted by molar-refractivity contribution is 0.0216. The maximum atomic E-state index is 13.4. The number of pyridine rings is 1. The molecule has 1 unspecified atom stereocenters. The summed E-state index contributed by atoms with van der Waals surface area (Å²) in [6, 6.07) is 8.08. The van der Waals surface area contributed by atoms with Crippen molar-refractivity contribution in [3.05, 3.63) is 65.5 Å². The lowest BCUT2D eigenvalue weighted by Crippen LogP contribution is -2.37. The van der Waals surface area contributed by atoms with Gasteiger partial charge in [0.2, 0.25) is 0 Å². The van der Waals surface area contributed by atoms with Crippen LogP contribution in [0, 0.1) is 5.82 Å². The first kappa shape index (κ1) is 27.6. The molecule has 1 aromatic carbocycles. The van der Waals surface area contributed by atoms with Crippen LogP contribution in [-0.2, 0) is 9.47 Å². The van der Waals surface area contributed by atoms with Crippen LogP contribution in [0.2, 0.25) is 0 Å². The molecule has 0 spiro atoms. The summed E-state index contributed by atoms with van der Waals surface area (Å²) in [6.07, 6.45) is 2.06. The molecular weight excluding hydrogens is 507 g/mol. The second-order valence-corrected chi connectivity index (χ2v) is 9.98. The second-order valence-electron chi connectivity index (χ2n) is 9.98. The number of aromatic nitrogens is 3. The van der Waals surface area contributed by atoms with Gasteiger partial charge in [0, 0.05) is 29.9 Å². The number of anilines is 1. The average molecular weight is 539 g/mol. The fourth-order valence-corrected chi connectivity index (χ4v) is 4.30. The highest BCUT2D eigenvalue weighted by molar-refractivity contribution is 6.04. The number of hydrogen-bond acceptors (Lipinski definition) is 8. The molecule has 1 aliphatic rings. The number of nitrogen functional groups attached to an aromatic ring is 1. The van der Waals surface area contributed by atoms with Crippen molar-refractivity contribution >= 4 is 23.8 Å². The molecule has 12 heteroatoms. The highest BCUT2D eigenvalue weighted by atomic mass is 19.1. The number of nitrogens with two attached hydrogens (primary N) is 1. The van der Waals surface area contributed by atoms with Gasteiger partial charge in [0.05, 0.1) is 12.6 Å². The molecule has 3 aromatic rings. The Morgan fingerprint density at radius 2 is 1.90 bits per heavy atom. The molecule has 11 nitrogen and oxygen atoms in total. The van der Waals surface area contributed by atoms with Gasteiger partial charge >= 0.3 is 12.1 Å². The van der Waals surface area contributed by atoms with Crippen LogP contribution in [0.5, 0.6) is 0 Å². The van der Waals surface area contributed by atoms with E-state index in [0.29, 0.717) is 30.8 Å². The van der Waals surface area contributed by atoms with Gasteiger partial charge in [-0.15, -0.1) is 0 Å². The topological polar surface area (TPSA) is 142 Å². The smallest absolute Gasteiger partial charge is 0.410 e. The molecule has 2 amide bonds. The van der Waals surface area contributed by atoms with E-state index in [1.807, 2.05) is 0 Å². The standard InChI is InChI=1S/C27H31FN6O5/c1-5-38-25(36)22-21(16-8-10-17(11-9-16)24(35)31-20-15-18(28)12-13-30-20)32-23(34(22)29)19-7-6-14-33(19)26(37)39-27(2,3)4/h8-13,15,19H,5-7,14,29H2,1-4H3,(H,30,31,35). The summed E-state index contributed by atoms with van der Waals surface area (Å²) in [7, 11) is 0. The molecule has 0 saturated carbocycles. The Morgan fingerprint density at radius 3 is 2.54 bits per heavy atom. The third-order valence-electron chi connectivity index (χ3n) is 5.97. The van der Waals surface area contributed by atoms with Crippen molar-refractivity contribution in [1.82, 2.24) is 19.5 Å². The van der Waals surface area contributed by atoms with Crippen molar-refractivity contribution < 1.29 is 28.2 Å². The van der Waals surface area contributed by atoms with Crippen LogP contribution in [0.25, 0.3) is 11.3 Å². The Hall–Kier alpha value is -4.48. The molecule has 1 aliphatic heterocycles. The Kier molecular flexibility index (Phi) is 7.84. The molecule has 1 saturated heterocycles. The first-order chi connectivity index (χ1) is 18.5. The lowest BCUT2D eigenvalue weighted by Gasteiger charge is -2.28. The molecule has 1 fully saturated rings. The van der Waals surface area contributed by atoms with Crippen LogP contribution in [-0.4, -0.2) is 56.3 Å². The summed E-state index contributed by atoms with van der Waals surface area (Å²) >= 11 is 0. The number of esters is 1. The molecule has 1 atom stereocenters. The zero-order chi connectivity index (χ0) is 28.3. The fraction of sp³-hybridized carbons (Fsp3) is 0.370. The second kappa shape index (κ2) is 11.1. The van der Waals surface area contributed by atoms with Gasteiger partial charge in [-0.25, -0.2) is 28.6 Å². The summed E-state index contributed by atoms with van der Waals surface area (Å²) in [6.45, 7) is 7.62. The van der Waals surface area contributed by atoms with Crippen LogP contribution in [0.3, 0.4) is 0 Å². The average Bonchev–Trinajstić information content (AvgIpc) is 3.48. The Morgan fingerprint density at radius 1 is 1.18 bits per heavy atom. The number of hydrogen-bond donors (Lipinski definition) is 2. The minimum absolute atomic E-state index is 0.0176. The zero-order valence-corrected chi connectivity index (χ0v) is 22.2. The normalized spacial score (nSPS) is 15.2. The summed E-state index contributed by atoms with van der Waals surface area (Å²) in [5.41, 5.74) is 0.375. The van der Waals surface area contributed by atoms with Crippen LogP contribution in [0.1, 0.15) is 73.2 Å².